The maximum atomic E-state index is 12.1. The lowest BCUT2D eigenvalue weighted by Crippen LogP contribution is -2.21. The van der Waals surface area contributed by atoms with Crippen LogP contribution in [-0.4, -0.2) is 39.1 Å². The molecule has 0 aliphatic rings. The van der Waals surface area contributed by atoms with Gasteiger partial charge >= 0.3 is 5.97 Å². The van der Waals surface area contributed by atoms with Gasteiger partial charge in [0.05, 0.1) is 12.8 Å². The molecule has 1 aromatic carbocycles. The molecule has 0 unspecified atom stereocenters. The molecule has 0 aliphatic heterocycles. The van der Waals surface area contributed by atoms with E-state index < -0.39 is 5.97 Å². The second kappa shape index (κ2) is 6.91. The lowest BCUT2D eigenvalue weighted by molar-refractivity contribution is -0.117. The Morgan fingerprint density at radius 3 is 2.48 bits per heavy atom. The number of hydrogen-bond donors (Lipinski definition) is 2. The molecule has 1 heterocycles. The van der Waals surface area contributed by atoms with Crippen molar-refractivity contribution in [1.82, 2.24) is 15.0 Å². The molecule has 2 rings (SSSR count). The normalized spacial score (nSPS) is 10.6. The van der Waals surface area contributed by atoms with Crippen molar-refractivity contribution in [3.8, 4) is 5.75 Å². The third-order valence-corrected chi connectivity index (χ3v) is 3.19. The van der Waals surface area contributed by atoms with Gasteiger partial charge in [-0.2, -0.15) is 0 Å². The van der Waals surface area contributed by atoms with Gasteiger partial charge in [0.2, 0.25) is 5.91 Å². The average molecular weight is 318 g/mol. The fourth-order valence-corrected chi connectivity index (χ4v) is 2.17. The molecule has 0 bridgehead atoms. The van der Waals surface area contributed by atoms with Crippen molar-refractivity contribution in [2.45, 2.75) is 26.3 Å². The molecular formula is C15H18N4O4. The molecule has 1 aromatic heterocycles. The Kier molecular flexibility index (Phi) is 4.95. The molecule has 0 saturated heterocycles. The summed E-state index contributed by atoms with van der Waals surface area (Å²) in [4.78, 5) is 23.3. The van der Waals surface area contributed by atoms with Crippen molar-refractivity contribution in [3.05, 3.63) is 35.7 Å². The number of amides is 1. The minimum atomic E-state index is -1.16. The van der Waals surface area contributed by atoms with Crippen molar-refractivity contribution < 1.29 is 19.4 Å². The minimum absolute atomic E-state index is 0.111. The standard InChI is InChI=1S/C15H18N4O4/c1-9(2)14-13(15(21)22)17-18-19(14)8-12(20)16-10-4-6-11(23-3)7-5-10/h4-7,9H,8H2,1-3H3,(H,16,20)(H,21,22). The summed E-state index contributed by atoms with van der Waals surface area (Å²) in [5.41, 5.74) is 0.903. The largest absolute Gasteiger partial charge is 0.497 e. The molecule has 0 fully saturated rings. The topological polar surface area (TPSA) is 106 Å². The molecule has 0 aliphatic carbocycles. The van der Waals surface area contributed by atoms with Crippen LogP contribution in [-0.2, 0) is 11.3 Å². The van der Waals surface area contributed by atoms with Crippen LogP contribution in [0.3, 0.4) is 0 Å². The quantitative estimate of drug-likeness (QED) is 0.840. The van der Waals surface area contributed by atoms with E-state index >= 15 is 0 Å². The van der Waals surface area contributed by atoms with Gasteiger partial charge in [0.1, 0.15) is 12.3 Å². The monoisotopic (exact) mass is 318 g/mol. The smallest absolute Gasteiger partial charge is 0.358 e. The van der Waals surface area contributed by atoms with Crippen LogP contribution in [0, 0.1) is 0 Å². The van der Waals surface area contributed by atoms with Crippen LogP contribution in [0.5, 0.6) is 5.75 Å². The summed E-state index contributed by atoms with van der Waals surface area (Å²) in [6.45, 7) is 3.53. The number of hydrogen-bond acceptors (Lipinski definition) is 5. The average Bonchev–Trinajstić information content (AvgIpc) is 2.92. The summed E-state index contributed by atoms with van der Waals surface area (Å²) in [6, 6.07) is 6.88. The van der Waals surface area contributed by atoms with Crippen LogP contribution in [0.4, 0.5) is 5.69 Å². The Hall–Kier alpha value is -2.90. The number of benzene rings is 1. The number of nitrogens with zero attached hydrogens (tertiary/aromatic N) is 3. The summed E-state index contributed by atoms with van der Waals surface area (Å²) in [5.74, 6) is -0.910. The van der Waals surface area contributed by atoms with Crippen molar-refractivity contribution in [2.75, 3.05) is 12.4 Å². The van der Waals surface area contributed by atoms with E-state index in [0.29, 0.717) is 17.1 Å². The van der Waals surface area contributed by atoms with Crippen LogP contribution < -0.4 is 10.1 Å². The number of aromatic nitrogens is 3. The van der Waals surface area contributed by atoms with Gasteiger partial charge < -0.3 is 15.2 Å². The molecule has 23 heavy (non-hydrogen) atoms. The van der Waals surface area contributed by atoms with Gasteiger partial charge in [-0.3, -0.25) is 4.79 Å². The molecule has 0 spiro atoms. The molecule has 8 nitrogen and oxygen atoms in total. The summed E-state index contributed by atoms with van der Waals surface area (Å²) in [5, 5.41) is 19.2. The fraction of sp³-hybridized carbons (Fsp3) is 0.333. The highest BCUT2D eigenvalue weighted by atomic mass is 16.5. The number of carbonyl (C=O) groups excluding carboxylic acids is 1. The zero-order valence-corrected chi connectivity index (χ0v) is 13.1. The molecule has 0 atom stereocenters. The maximum absolute atomic E-state index is 12.1. The Balaban J connectivity index is 2.12. The molecule has 122 valence electrons. The van der Waals surface area contributed by atoms with Gasteiger partial charge in [-0.25, -0.2) is 9.48 Å². The number of methoxy groups -OCH3 is 1. The van der Waals surface area contributed by atoms with Crippen LogP contribution in [0.1, 0.15) is 35.9 Å². The number of rotatable bonds is 6. The number of carbonyl (C=O) groups is 2. The predicted molar refractivity (Wildman–Crippen MR) is 82.7 cm³/mol. The number of aromatic carboxylic acids is 1. The van der Waals surface area contributed by atoms with E-state index in [1.165, 1.54) is 4.68 Å². The van der Waals surface area contributed by atoms with E-state index in [1.54, 1.807) is 31.4 Å². The molecule has 2 aromatic rings. The maximum Gasteiger partial charge on any atom is 0.358 e. The van der Waals surface area contributed by atoms with E-state index in [2.05, 4.69) is 15.6 Å². The number of nitrogens with one attached hydrogen (secondary N) is 1. The Bertz CT molecular complexity index is 707. The molecular weight excluding hydrogens is 300 g/mol. The molecule has 1 amide bonds. The van der Waals surface area contributed by atoms with E-state index in [-0.39, 0.29) is 24.1 Å². The number of carboxylic acids is 1. The molecule has 0 saturated carbocycles. The highest BCUT2D eigenvalue weighted by Crippen LogP contribution is 2.18. The van der Waals surface area contributed by atoms with Crippen LogP contribution in [0.2, 0.25) is 0 Å². The number of anilines is 1. The van der Waals surface area contributed by atoms with E-state index in [4.69, 9.17) is 9.84 Å². The van der Waals surface area contributed by atoms with Crippen molar-refractivity contribution in [3.63, 3.8) is 0 Å². The van der Waals surface area contributed by atoms with Crippen LogP contribution in [0.15, 0.2) is 24.3 Å². The summed E-state index contributed by atoms with van der Waals surface area (Å²) >= 11 is 0. The molecule has 0 radical (unpaired) electrons. The van der Waals surface area contributed by atoms with Crippen molar-refractivity contribution >= 4 is 17.6 Å². The summed E-state index contributed by atoms with van der Waals surface area (Å²) < 4.78 is 6.36. The second-order valence-corrected chi connectivity index (χ2v) is 5.22. The lowest BCUT2D eigenvalue weighted by atomic mass is 10.1. The lowest BCUT2D eigenvalue weighted by Gasteiger charge is -2.10. The molecule has 8 heteroatoms. The van der Waals surface area contributed by atoms with Crippen molar-refractivity contribution in [1.29, 1.82) is 0 Å². The van der Waals surface area contributed by atoms with Gasteiger partial charge in [0.25, 0.3) is 0 Å². The first kappa shape index (κ1) is 16.5. The first-order chi connectivity index (χ1) is 10.9. The molecule has 2 N–H and O–H groups in total. The third-order valence-electron chi connectivity index (χ3n) is 3.19. The zero-order chi connectivity index (χ0) is 17.0. The highest BCUT2D eigenvalue weighted by molar-refractivity contribution is 5.91. The van der Waals surface area contributed by atoms with Gasteiger partial charge in [0, 0.05) is 5.69 Å². The van der Waals surface area contributed by atoms with Gasteiger partial charge in [0.15, 0.2) is 5.69 Å². The fourth-order valence-electron chi connectivity index (χ4n) is 2.17. The Morgan fingerprint density at radius 1 is 1.30 bits per heavy atom. The van der Waals surface area contributed by atoms with E-state index in [1.807, 2.05) is 13.8 Å². The second-order valence-electron chi connectivity index (χ2n) is 5.22. The van der Waals surface area contributed by atoms with Crippen LogP contribution in [0.25, 0.3) is 0 Å². The summed E-state index contributed by atoms with van der Waals surface area (Å²) in [6.07, 6.45) is 0. The van der Waals surface area contributed by atoms with Crippen molar-refractivity contribution in [2.24, 2.45) is 0 Å². The van der Waals surface area contributed by atoms with Gasteiger partial charge in [-0.15, -0.1) is 5.10 Å². The predicted octanol–water partition coefficient (Wildman–Crippen LogP) is 1.75. The van der Waals surface area contributed by atoms with E-state index in [0.717, 1.165) is 0 Å². The highest BCUT2D eigenvalue weighted by Gasteiger charge is 2.22. The van der Waals surface area contributed by atoms with E-state index in [9.17, 15) is 9.59 Å². The number of carboxylic acid groups (broad SMARTS) is 1. The Morgan fingerprint density at radius 2 is 1.96 bits per heavy atom. The minimum Gasteiger partial charge on any atom is -0.497 e. The SMILES string of the molecule is COc1ccc(NC(=O)Cn2nnc(C(=O)O)c2C(C)C)cc1. The first-order valence-corrected chi connectivity index (χ1v) is 7.03. The Labute approximate surface area is 133 Å². The summed E-state index contributed by atoms with van der Waals surface area (Å²) in [7, 11) is 1.56. The first-order valence-electron chi connectivity index (χ1n) is 7.03. The zero-order valence-electron chi connectivity index (χ0n) is 13.1. The van der Waals surface area contributed by atoms with Crippen LogP contribution >= 0.6 is 0 Å². The van der Waals surface area contributed by atoms with Gasteiger partial charge in [-0.05, 0) is 30.2 Å². The number of ether oxygens (including phenoxy) is 1. The van der Waals surface area contributed by atoms with Gasteiger partial charge in [-0.1, -0.05) is 19.1 Å². The third kappa shape index (κ3) is 3.85.